The predicted octanol–water partition coefficient (Wildman–Crippen LogP) is 3.74. The largest absolute Gasteiger partial charge is 0.340 e. The molecule has 0 spiro atoms. The Hall–Kier alpha value is -1.39. The zero-order valence-corrected chi connectivity index (χ0v) is 12.0. The van der Waals surface area contributed by atoms with Gasteiger partial charge in [0.2, 0.25) is 0 Å². The smallest absolute Gasteiger partial charge is 0.125 e. The maximum Gasteiger partial charge on any atom is 0.125 e. The molecule has 2 aromatic rings. The Labute approximate surface area is 120 Å². The summed E-state index contributed by atoms with van der Waals surface area (Å²) in [7, 11) is 0. The molecule has 2 N–H and O–H groups in total. The summed E-state index contributed by atoms with van der Waals surface area (Å²) in [5.74, 6) is -0.194. The lowest BCUT2D eigenvalue weighted by molar-refractivity contribution is 0.628. The molecule has 1 aliphatic heterocycles. The van der Waals surface area contributed by atoms with Crippen LogP contribution in [-0.4, -0.2) is 6.54 Å². The molecule has 0 unspecified atom stereocenters. The number of anilines is 2. The molecular formula is C15H14BrFN2. The Morgan fingerprint density at radius 2 is 2.00 bits per heavy atom. The van der Waals surface area contributed by atoms with Crippen molar-refractivity contribution in [2.75, 3.05) is 11.4 Å². The van der Waals surface area contributed by atoms with Gasteiger partial charge in [0.05, 0.1) is 5.69 Å². The van der Waals surface area contributed by atoms with Crippen molar-refractivity contribution in [3.63, 3.8) is 0 Å². The van der Waals surface area contributed by atoms with E-state index in [9.17, 15) is 4.39 Å². The van der Waals surface area contributed by atoms with Crippen molar-refractivity contribution in [2.24, 2.45) is 5.73 Å². The van der Waals surface area contributed by atoms with Crippen LogP contribution >= 0.6 is 15.9 Å². The Balaban J connectivity index is 2.04. The summed E-state index contributed by atoms with van der Waals surface area (Å²) in [4.78, 5) is 2.14. The molecule has 0 fully saturated rings. The predicted molar refractivity (Wildman–Crippen MR) is 79.1 cm³/mol. The van der Waals surface area contributed by atoms with Crippen LogP contribution in [0.25, 0.3) is 0 Å². The van der Waals surface area contributed by atoms with Crippen LogP contribution in [0.5, 0.6) is 0 Å². The van der Waals surface area contributed by atoms with Crippen LogP contribution in [-0.2, 0) is 13.0 Å². The van der Waals surface area contributed by atoms with Crippen LogP contribution in [0.15, 0.2) is 40.9 Å². The lowest BCUT2D eigenvalue weighted by Crippen LogP contribution is -2.14. The van der Waals surface area contributed by atoms with Crippen LogP contribution in [0.1, 0.15) is 11.1 Å². The van der Waals surface area contributed by atoms with E-state index in [4.69, 9.17) is 5.73 Å². The number of hydrogen-bond acceptors (Lipinski definition) is 2. The number of fused-ring (bicyclic) bond motifs is 1. The average Bonchev–Trinajstić information content (AvgIpc) is 2.81. The van der Waals surface area contributed by atoms with Gasteiger partial charge < -0.3 is 10.6 Å². The molecule has 0 bridgehead atoms. The highest BCUT2D eigenvalue weighted by atomic mass is 79.9. The van der Waals surface area contributed by atoms with E-state index in [0.29, 0.717) is 6.54 Å². The van der Waals surface area contributed by atoms with Crippen molar-refractivity contribution in [2.45, 2.75) is 13.0 Å². The molecule has 19 heavy (non-hydrogen) atoms. The monoisotopic (exact) mass is 320 g/mol. The molecule has 98 valence electrons. The standard InChI is InChI=1S/C15H14BrFN2/c16-13-7-10(9-18)1-4-14(13)19-6-5-11-2-3-12(17)8-15(11)19/h1-4,7-8H,5-6,9,18H2. The van der Waals surface area contributed by atoms with Gasteiger partial charge in [-0.15, -0.1) is 0 Å². The van der Waals surface area contributed by atoms with Gasteiger partial charge in [-0.2, -0.15) is 0 Å². The Morgan fingerprint density at radius 1 is 1.16 bits per heavy atom. The van der Waals surface area contributed by atoms with Crippen molar-refractivity contribution in [3.05, 3.63) is 57.8 Å². The normalized spacial score (nSPS) is 13.7. The van der Waals surface area contributed by atoms with Crippen LogP contribution in [0, 0.1) is 5.82 Å². The van der Waals surface area contributed by atoms with Gasteiger partial charge in [-0.25, -0.2) is 4.39 Å². The van der Waals surface area contributed by atoms with Crippen molar-refractivity contribution >= 4 is 27.3 Å². The van der Waals surface area contributed by atoms with E-state index in [1.165, 1.54) is 11.6 Å². The molecule has 2 nitrogen and oxygen atoms in total. The minimum atomic E-state index is -0.194. The minimum absolute atomic E-state index is 0.194. The van der Waals surface area contributed by atoms with Crippen molar-refractivity contribution in [1.82, 2.24) is 0 Å². The fraction of sp³-hybridized carbons (Fsp3) is 0.200. The van der Waals surface area contributed by atoms with Gasteiger partial charge in [-0.05, 0) is 57.7 Å². The van der Waals surface area contributed by atoms with E-state index >= 15 is 0 Å². The van der Waals surface area contributed by atoms with Gasteiger partial charge in [0, 0.05) is 23.2 Å². The maximum absolute atomic E-state index is 13.4. The molecule has 0 saturated carbocycles. The van der Waals surface area contributed by atoms with Gasteiger partial charge in [-0.3, -0.25) is 0 Å². The first kappa shape index (κ1) is 12.6. The third-order valence-electron chi connectivity index (χ3n) is 3.48. The molecule has 0 radical (unpaired) electrons. The molecule has 0 atom stereocenters. The van der Waals surface area contributed by atoms with Crippen LogP contribution in [0.2, 0.25) is 0 Å². The van der Waals surface area contributed by atoms with Gasteiger partial charge >= 0.3 is 0 Å². The van der Waals surface area contributed by atoms with Crippen LogP contribution < -0.4 is 10.6 Å². The Bertz CT molecular complexity index is 628. The summed E-state index contributed by atoms with van der Waals surface area (Å²) in [6.07, 6.45) is 0.945. The number of benzene rings is 2. The highest BCUT2D eigenvalue weighted by Gasteiger charge is 2.22. The number of nitrogens with zero attached hydrogens (tertiary/aromatic N) is 1. The molecule has 0 aromatic heterocycles. The Kier molecular flexibility index (Phi) is 3.29. The van der Waals surface area contributed by atoms with Gasteiger partial charge in [0.25, 0.3) is 0 Å². The number of hydrogen-bond donors (Lipinski definition) is 1. The highest BCUT2D eigenvalue weighted by molar-refractivity contribution is 9.10. The molecule has 3 rings (SSSR count). The third-order valence-corrected chi connectivity index (χ3v) is 4.12. The van der Waals surface area contributed by atoms with E-state index in [1.807, 2.05) is 24.3 Å². The summed E-state index contributed by atoms with van der Waals surface area (Å²) in [6, 6.07) is 11.1. The fourth-order valence-electron chi connectivity index (χ4n) is 2.50. The topological polar surface area (TPSA) is 29.3 Å². The number of nitrogens with two attached hydrogens (primary N) is 1. The highest BCUT2D eigenvalue weighted by Crippen LogP contribution is 2.38. The first-order chi connectivity index (χ1) is 9.19. The van der Waals surface area contributed by atoms with Gasteiger partial charge in [-0.1, -0.05) is 12.1 Å². The number of halogens is 2. The number of rotatable bonds is 2. The lowest BCUT2D eigenvalue weighted by atomic mass is 10.1. The average molecular weight is 321 g/mol. The molecule has 1 aliphatic rings. The summed E-state index contributed by atoms with van der Waals surface area (Å²) in [5.41, 5.74) is 9.92. The molecule has 4 heteroatoms. The molecule has 0 amide bonds. The second-order valence-electron chi connectivity index (χ2n) is 4.66. The summed E-state index contributed by atoms with van der Waals surface area (Å²) in [6.45, 7) is 1.39. The minimum Gasteiger partial charge on any atom is -0.340 e. The zero-order chi connectivity index (χ0) is 13.4. The van der Waals surface area contributed by atoms with Crippen LogP contribution in [0.3, 0.4) is 0 Å². The lowest BCUT2D eigenvalue weighted by Gasteiger charge is -2.21. The quantitative estimate of drug-likeness (QED) is 0.913. The molecule has 0 saturated heterocycles. The summed E-state index contributed by atoms with van der Waals surface area (Å²) in [5, 5.41) is 0. The van der Waals surface area contributed by atoms with Crippen molar-refractivity contribution in [1.29, 1.82) is 0 Å². The second kappa shape index (κ2) is 4.94. The zero-order valence-electron chi connectivity index (χ0n) is 10.4. The van der Waals surface area contributed by atoms with E-state index in [1.54, 1.807) is 6.07 Å². The summed E-state index contributed by atoms with van der Waals surface area (Å²) >= 11 is 3.58. The molecule has 2 aromatic carbocycles. The first-order valence-electron chi connectivity index (χ1n) is 6.23. The van der Waals surface area contributed by atoms with Crippen LogP contribution in [0.4, 0.5) is 15.8 Å². The van der Waals surface area contributed by atoms with E-state index in [-0.39, 0.29) is 5.82 Å². The van der Waals surface area contributed by atoms with Gasteiger partial charge in [0.15, 0.2) is 0 Å². The first-order valence-corrected chi connectivity index (χ1v) is 7.03. The van der Waals surface area contributed by atoms with Gasteiger partial charge in [0.1, 0.15) is 5.82 Å². The molecule has 0 aliphatic carbocycles. The molecular weight excluding hydrogens is 307 g/mol. The summed E-state index contributed by atoms with van der Waals surface area (Å²) < 4.78 is 14.4. The van der Waals surface area contributed by atoms with E-state index in [2.05, 4.69) is 20.8 Å². The molecule has 1 heterocycles. The fourth-order valence-corrected chi connectivity index (χ4v) is 3.14. The van der Waals surface area contributed by atoms with E-state index < -0.39 is 0 Å². The van der Waals surface area contributed by atoms with E-state index in [0.717, 1.165) is 34.4 Å². The SMILES string of the molecule is NCc1ccc(N2CCc3ccc(F)cc32)c(Br)c1. The van der Waals surface area contributed by atoms with Crippen molar-refractivity contribution in [3.8, 4) is 0 Å². The van der Waals surface area contributed by atoms with Crippen molar-refractivity contribution < 1.29 is 4.39 Å². The Morgan fingerprint density at radius 3 is 2.74 bits per heavy atom. The maximum atomic E-state index is 13.4. The second-order valence-corrected chi connectivity index (χ2v) is 5.52. The third kappa shape index (κ3) is 2.26.